The van der Waals surface area contributed by atoms with Crippen molar-refractivity contribution in [3.63, 3.8) is 0 Å². The topological polar surface area (TPSA) is 47.7 Å². The summed E-state index contributed by atoms with van der Waals surface area (Å²) in [5.41, 5.74) is 7.58. The van der Waals surface area contributed by atoms with E-state index >= 15 is 0 Å². The van der Waals surface area contributed by atoms with Crippen molar-refractivity contribution in [2.24, 2.45) is 5.73 Å². The van der Waals surface area contributed by atoms with Gasteiger partial charge in [-0.25, -0.2) is 0 Å². The first-order valence-corrected chi connectivity index (χ1v) is 8.21. The van der Waals surface area contributed by atoms with E-state index in [0.717, 1.165) is 13.0 Å². The van der Waals surface area contributed by atoms with Crippen LogP contribution in [0, 0.1) is 0 Å². The summed E-state index contributed by atoms with van der Waals surface area (Å²) in [7, 11) is 1.44. The monoisotopic (exact) mass is 350 g/mol. The Balaban J connectivity index is 2.12. The molecule has 0 radical (unpaired) electrons. The third kappa shape index (κ3) is 5.99. The summed E-state index contributed by atoms with van der Waals surface area (Å²) in [6.45, 7) is -0.514. The number of ether oxygens (including phenoxy) is 2. The molecule has 6 heteroatoms. The first-order chi connectivity index (χ1) is 12.1. The first-order valence-electron chi connectivity index (χ1n) is 8.21. The molecule has 0 bridgehead atoms. The van der Waals surface area contributed by atoms with Gasteiger partial charge in [-0.2, -0.15) is 8.78 Å². The second-order valence-corrected chi connectivity index (χ2v) is 5.63. The number of alkyl halides is 2. The molecule has 4 nitrogen and oxygen atoms in total. The molecule has 136 valence electrons. The van der Waals surface area contributed by atoms with E-state index in [9.17, 15) is 8.78 Å². The highest BCUT2D eigenvalue weighted by Crippen LogP contribution is 2.33. The van der Waals surface area contributed by atoms with Crippen molar-refractivity contribution < 1.29 is 18.3 Å². The minimum atomic E-state index is -2.90. The Morgan fingerprint density at radius 2 is 1.80 bits per heavy atom. The van der Waals surface area contributed by atoms with Crippen LogP contribution in [0.2, 0.25) is 0 Å². The lowest BCUT2D eigenvalue weighted by atomic mass is 10.1. The van der Waals surface area contributed by atoms with Gasteiger partial charge in [0.1, 0.15) is 0 Å². The number of hydrogen-bond donors (Lipinski definition) is 1. The maximum absolute atomic E-state index is 12.8. The zero-order chi connectivity index (χ0) is 18.1. The molecule has 0 heterocycles. The fraction of sp³-hybridized carbons (Fsp3) is 0.368. The van der Waals surface area contributed by atoms with Gasteiger partial charge in [0.15, 0.2) is 11.5 Å². The first kappa shape index (κ1) is 19.1. The Morgan fingerprint density at radius 3 is 2.44 bits per heavy atom. The van der Waals surface area contributed by atoms with Crippen molar-refractivity contribution in [3.05, 3.63) is 59.7 Å². The number of para-hydroxylation sites is 1. The molecule has 0 saturated heterocycles. The van der Waals surface area contributed by atoms with E-state index in [4.69, 9.17) is 15.2 Å². The van der Waals surface area contributed by atoms with Crippen LogP contribution in [-0.2, 0) is 13.0 Å². The Labute approximate surface area is 147 Å². The summed E-state index contributed by atoms with van der Waals surface area (Å²) in [5.74, 6) is 0.385. The fourth-order valence-electron chi connectivity index (χ4n) is 2.69. The number of benzene rings is 2. The second-order valence-electron chi connectivity index (χ2n) is 5.63. The summed E-state index contributed by atoms with van der Waals surface area (Å²) in [6.07, 6.45) is 0.857. The van der Waals surface area contributed by atoms with Crippen LogP contribution in [0.5, 0.6) is 11.5 Å². The number of halogens is 2. The Bertz CT molecular complexity index is 639. The van der Waals surface area contributed by atoms with Crippen LogP contribution < -0.4 is 15.2 Å². The van der Waals surface area contributed by atoms with E-state index in [0.29, 0.717) is 30.9 Å². The van der Waals surface area contributed by atoms with Crippen molar-refractivity contribution in [2.75, 3.05) is 26.7 Å². The van der Waals surface area contributed by atoms with Gasteiger partial charge in [0.05, 0.1) is 7.11 Å². The quantitative estimate of drug-likeness (QED) is 0.714. The molecule has 0 amide bonds. The molecule has 0 aromatic heterocycles. The van der Waals surface area contributed by atoms with Gasteiger partial charge in [-0.1, -0.05) is 42.5 Å². The number of nitrogens with two attached hydrogens (primary N) is 1. The average Bonchev–Trinajstić information content (AvgIpc) is 2.61. The van der Waals surface area contributed by atoms with Gasteiger partial charge in [-0.15, -0.1) is 0 Å². The van der Waals surface area contributed by atoms with E-state index in [1.165, 1.54) is 12.7 Å². The van der Waals surface area contributed by atoms with Crippen LogP contribution in [0.3, 0.4) is 0 Å². The highest BCUT2D eigenvalue weighted by molar-refractivity contribution is 5.46. The van der Waals surface area contributed by atoms with Crippen LogP contribution in [0.15, 0.2) is 48.5 Å². The van der Waals surface area contributed by atoms with Gasteiger partial charge in [0.2, 0.25) is 0 Å². The molecule has 2 N–H and O–H groups in total. The van der Waals surface area contributed by atoms with E-state index in [1.54, 1.807) is 18.2 Å². The maximum atomic E-state index is 12.8. The van der Waals surface area contributed by atoms with Crippen LogP contribution >= 0.6 is 0 Å². The summed E-state index contributed by atoms with van der Waals surface area (Å²) >= 11 is 0. The van der Waals surface area contributed by atoms with E-state index in [-0.39, 0.29) is 5.75 Å². The molecule has 0 aliphatic carbocycles. The molecule has 0 aliphatic rings. The lowest BCUT2D eigenvalue weighted by Crippen LogP contribution is -2.31. The number of nitrogens with zero attached hydrogens (tertiary/aromatic N) is 1. The number of rotatable bonds is 10. The SMILES string of the molecule is COc1cccc(CN(CCN)CCc2ccccc2)c1OC(F)F. The van der Waals surface area contributed by atoms with Crippen LogP contribution in [0.1, 0.15) is 11.1 Å². The minimum Gasteiger partial charge on any atom is -0.493 e. The van der Waals surface area contributed by atoms with Crippen molar-refractivity contribution >= 4 is 0 Å². The van der Waals surface area contributed by atoms with Gasteiger partial charge in [0.25, 0.3) is 0 Å². The zero-order valence-electron chi connectivity index (χ0n) is 14.3. The molecule has 0 unspecified atom stereocenters. The highest BCUT2D eigenvalue weighted by atomic mass is 19.3. The third-order valence-corrected chi connectivity index (χ3v) is 3.89. The number of methoxy groups -OCH3 is 1. The van der Waals surface area contributed by atoms with Gasteiger partial charge < -0.3 is 15.2 Å². The van der Waals surface area contributed by atoms with E-state index < -0.39 is 6.61 Å². The Kier molecular flexibility index (Phi) is 7.63. The molecule has 0 spiro atoms. The molecular formula is C19H24F2N2O2. The molecule has 0 fully saturated rings. The standard InChI is InChI=1S/C19H24F2N2O2/c1-24-17-9-5-8-16(18(17)25-19(20)21)14-23(13-11-22)12-10-15-6-3-2-4-7-15/h2-9,19H,10-14,22H2,1H3. The smallest absolute Gasteiger partial charge is 0.387 e. The van der Waals surface area contributed by atoms with Crippen LogP contribution in [0.25, 0.3) is 0 Å². The molecule has 0 aliphatic heterocycles. The molecule has 25 heavy (non-hydrogen) atoms. The summed E-state index contributed by atoms with van der Waals surface area (Å²) in [4.78, 5) is 2.13. The third-order valence-electron chi connectivity index (χ3n) is 3.89. The normalized spacial score (nSPS) is 11.1. The average molecular weight is 350 g/mol. The van der Waals surface area contributed by atoms with Crippen LogP contribution in [-0.4, -0.2) is 38.3 Å². The van der Waals surface area contributed by atoms with Gasteiger partial charge >= 0.3 is 6.61 Å². The summed E-state index contributed by atoms with van der Waals surface area (Å²) in [6, 6.07) is 15.3. The zero-order valence-corrected chi connectivity index (χ0v) is 14.3. The number of hydrogen-bond acceptors (Lipinski definition) is 4. The van der Waals surface area contributed by atoms with Crippen molar-refractivity contribution in [3.8, 4) is 11.5 Å². The molecule has 2 aromatic carbocycles. The van der Waals surface area contributed by atoms with Crippen LogP contribution in [0.4, 0.5) is 8.78 Å². The lowest BCUT2D eigenvalue weighted by Gasteiger charge is -2.23. The minimum absolute atomic E-state index is 0.0849. The molecule has 0 atom stereocenters. The Hall–Kier alpha value is -2.18. The molecular weight excluding hydrogens is 326 g/mol. The molecule has 0 saturated carbocycles. The molecule has 2 rings (SSSR count). The van der Waals surface area contributed by atoms with Gasteiger partial charge in [0, 0.05) is 31.7 Å². The predicted molar refractivity (Wildman–Crippen MR) is 94.1 cm³/mol. The Morgan fingerprint density at radius 1 is 1.04 bits per heavy atom. The highest BCUT2D eigenvalue weighted by Gasteiger charge is 2.17. The predicted octanol–water partition coefficient (Wildman–Crippen LogP) is 3.30. The van der Waals surface area contributed by atoms with Crippen molar-refractivity contribution in [1.29, 1.82) is 0 Å². The largest absolute Gasteiger partial charge is 0.493 e. The second kappa shape index (κ2) is 9.96. The van der Waals surface area contributed by atoms with Gasteiger partial charge in [-0.3, -0.25) is 4.90 Å². The summed E-state index contributed by atoms with van der Waals surface area (Å²) in [5, 5.41) is 0. The maximum Gasteiger partial charge on any atom is 0.387 e. The molecule has 2 aromatic rings. The van der Waals surface area contributed by atoms with Crippen molar-refractivity contribution in [1.82, 2.24) is 4.90 Å². The van der Waals surface area contributed by atoms with E-state index in [1.807, 2.05) is 18.2 Å². The van der Waals surface area contributed by atoms with Gasteiger partial charge in [-0.05, 0) is 18.1 Å². The lowest BCUT2D eigenvalue weighted by molar-refractivity contribution is -0.0521. The van der Waals surface area contributed by atoms with E-state index in [2.05, 4.69) is 17.0 Å². The van der Waals surface area contributed by atoms with Crippen molar-refractivity contribution in [2.45, 2.75) is 19.6 Å². The summed E-state index contributed by atoms with van der Waals surface area (Å²) < 4.78 is 35.4. The fourth-order valence-corrected chi connectivity index (χ4v) is 2.69.